The number of sulfonamides is 1. The number of hydrogen-bond acceptors (Lipinski definition) is 6. The standard InChI is InChI=1S/C20H22F2N2O6S/c1-12-9-15(10-17(13(12)2)31(23,27)28)19(26)29-11-18(25)24-8-7-14-3-5-16(6-4-14)30-20(21)22/h3-6,9-10,20H,7-8,11H2,1-2H3,(H,24,25)(H2,23,27,28). The molecule has 0 radical (unpaired) electrons. The van der Waals surface area contributed by atoms with Gasteiger partial charge in [-0.25, -0.2) is 18.4 Å². The monoisotopic (exact) mass is 456 g/mol. The first-order valence-corrected chi connectivity index (χ1v) is 10.6. The van der Waals surface area contributed by atoms with Crippen LogP contribution in [0.4, 0.5) is 8.78 Å². The molecule has 0 saturated heterocycles. The van der Waals surface area contributed by atoms with Gasteiger partial charge in [-0.15, -0.1) is 0 Å². The predicted molar refractivity (Wildman–Crippen MR) is 107 cm³/mol. The summed E-state index contributed by atoms with van der Waals surface area (Å²) in [6.45, 7) is -0.0400. The molecule has 8 nitrogen and oxygen atoms in total. The topological polar surface area (TPSA) is 125 Å². The zero-order chi connectivity index (χ0) is 23.2. The number of nitrogens with two attached hydrogens (primary N) is 1. The van der Waals surface area contributed by atoms with Crippen LogP contribution in [0, 0.1) is 13.8 Å². The van der Waals surface area contributed by atoms with Crippen molar-refractivity contribution in [2.24, 2.45) is 5.14 Å². The highest BCUT2D eigenvalue weighted by Crippen LogP contribution is 2.20. The molecule has 0 aliphatic carbocycles. The van der Waals surface area contributed by atoms with Crippen molar-refractivity contribution in [3.8, 4) is 5.75 Å². The summed E-state index contributed by atoms with van der Waals surface area (Å²) in [5.74, 6) is -1.38. The number of rotatable bonds is 9. The van der Waals surface area contributed by atoms with E-state index in [9.17, 15) is 26.8 Å². The first-order chi connectivity index (χ1) is 14.5. The molecule has 2 aromatic carbocycles. The maximum atomic E-state index is 12.2. The smallest absolute Gasteiger partial charge is 0.387 e. The molecule has 0 unspecified atom stereocenters. The summed E-state index contributed by atoms with van der Waals surface area (Å²) in [6, 6.07) is 8.53. The predicted octanol–water partition coefficient (Wildman–Crippen LogP) is 2.07. The molecule has 2 rings (SSSR count). The molecule has 3 N–H and O–H groups in total. The van der Waals surface area contributed by atoms with Crippen molar-refractivity contribution in [3.05, 3.63) is 58.7 Å². The largest absolute Gasteiger partial charge is 0.452 e. The summed E-state index contributed by atoms with van der Waals surface area (Å²) in [6.07, 6.45) is 0.420. The second kappa shape index (κ2) is 10.3. The van der Waals surface area contributed by atoms with Gasteiger partial charge in [0.15, 0.2) is 6.61 Å². The summed E-state index contributed by atoms with van der Waals surface area (Å²) >= 11 is 0. The normalized spacial score (nSPS) is 11.3. The van der Waals surface area contributed by atoms with Gasteiger partial charge in [-0.05, 0) is 61.2 Å². The minimum Gasteiger partial charge on any atom is -0.452 e. The van der Waals surface area contributed by atoms with Crippen LogP contribution >= 0.6 is 0 Å². The molecule has 0 saturated carbocycles. The van der Waals surface area contributed by atoms with Gasteiger partial charge in [-0.1, -0.05) is 12.1 Å². The van der Waals surface area contributed by atoms with Gasteiger partial charge in [0.1, 0.15) is 5.75 Å². The Morgan fingerprint density at radius 1 is 1.13 bits per heavy atom. The van der Waals surface area contributed by atoms with Crippen LogP contribution in [-0.4, -0.2) is 40.1 Å². The second-order valence-corrected chi connectivity index (χ2v) is 8.19. The van der Waals surface area contributed by atoms with Crippen LogP contribution in [0.25, 0.3) is 0 Å². The van der Waals surface area contributed by atoms with Gasteiger partial charge >= 0.3 is 12.6 Å². The molecule has 11 heteroatoms. The number of carbonyl (C=O) groups excluding carboxylic acids is 2. The van der Waals surface area contributed by atoms with Crippen LogP contribution in [0.1, 0.15) is 27.0 Å². The lowest BCUT2D eigenvalue weighted by atomic mass is 10.1. The van der Waals surface area contributed by atoms with Crippen LogP contribution < -0.4 is 15.2 Å². The quantitative estimate of drug-likeness (QED) is 0.557. The molecule has 0 aromatic heterocycles. The molecular formula is C20H22F2N2O6S. The molecule has 0 spiro atoms. The van der Waals surface area contributed by atoms with Gasteiger partial charge in [0.05, 0.1) is 10.5 Å². The fraction of sp³-hybridized carbons (Fsp3) is 0.300. The third-order valence-electron chi connectivity index (χ3n) is 4.38. The molecule has 0 fully saturated rings. The highest BCUT2D eigenvalue weighted by atomic mass is 32.2. The highest BCUT2D eigenvalue weighted by Gasteiger charge is 2.19. The van der Waals surface area contributed by atoms with E-state index in [1.807, 2.05) is 0 Å². The Bertz CT molecular complexity index is 1060. The number of halogens is 2. The van der Waals surface area contributed by atoms with Crippen LogP contribution in [0.2, 0.25) is 0 Å². The Morgan fingerprint density at radius 2 is 1.77 bits per heavy atom. The van der Waals surface area contributed by atoms with Crippen molar-refractivity contribution < 1.29 is 36.3 Å². The van der Waals surface area contributed by atoms with Gasteiger partial charge in [0.2, 0.25) is 10.0 Å². The van der Waals surface area contributed by atoms with Gasteiger partial charge in [-0.3, -0.25) is 4.79 Å². The fourth-order valence-corrected chi connectivity index (χ4v) is 3.57. The second-order valence-electron chi connectivity index (χ2n) is 6.66. The van der Waals surface area contributed by atoms with Gasteiger partial charge < -0.3 is 14.8 Å². The molecule has 31 heavy (non-hydrogen) atoms. The summed E-state index contributed by atoms with van der Waals surface area (Å²) < 4.78 is 56.8. The van der Waals surface area contributed by atoms with E-state index in [0.717, 1.165) is 11.6 Å². The molecule has 1 amide bonds. The van der Waals surface area contributed by atoms with E-state index in [-0.39, 0.29) is 22.8 Å². The number of carbonyl (C=O) groups is 2. The SMILES string of the molecule is Cc1cc(C(=O)OCC(=O)NCCc2ccc(OC(F)F)cc2)cc(S(N)(=O)=O)c1C. The summed E-state index contributed by atoms with van der Waals surface area (Å²) in [5, 5.41) is 7.72. The van der Waals surface area contributed by atoms with Crippen molar-refractivity contribution in [1.29, 1.82) is 0 Å². The number of ether oxygens (including phenoxy) is 2. The van der Waals surface area contributed by atoms with Crippen molar-refractivity contribution in [2.45, 2.75) is 31.8 Å². The Hall–Kier alpha value is -3.05. The third-order valence-corrected chi connectivity index (χ3v) is 5.42. The number of esters is 1. The van der Waals surface area contributed by atoms with E-state index < -0.39 is 35.1 Å². The summed E-state index contributed by atoms with van der Waals surface area (Å²) in [4.78, 5) is 23.9. The minimum absolute atomic E-state index is 0.0339. The minimum atomic E-state index is -4.02. The zero-order valence-corrected chi connectivity index (χ0v) is 17.7. The first kappa shape index (κ1) is 24.2. The number of nitrogens with one attached hydrogen (secondary N) is 1. The molecule has 0 bridgehead atoms. The lowest BCUT2D eigenvalue weighted by molar-refractivity contribution is -0.124. The Balaban J connectivity index is 1.85. The van der Waals surface area contributed by atoms with Crippen molar-refractivity contribution in [2.75, 3.05) is 13.2 Å². The number of alkyl halides is 2. The van der Waals surface area contributed by atoms with Crippen LogP contribution in [0.3, 0.4) is 0 Å². The number of benzene rings is 2. The van der Waals surface area contributed by atoms with Crippen molar-refractivity contribution in [1.82, 2.24) is 5.32 Å². The summed E-state index contributed by atoms with van der Waals surface area (Å²) in [5.41, 5.74) is 1.70. The zero-order valence-electron chi connectivity index (χ0n) is 16.9. The Kier molecular flexibility index (Phi) is 8.06. The van der Waals surface area contributed by atoms with Gasteiger partial charge in [0.25, 0.3) is 5.91 Å². The highest BCUT2D eigenvalue weighted by molar-refractivity contribution is 7.89. The number of aryl methyl sites for hydroxylation is 1. The van der Waals surface area contributed by atoms with Crippen LogP contribution in [0.15, 0.2) is 41.3 Å². The lowest BCUT2D eigenvalue weighted by Crippen LogP contribution is -2.30. The van der Waals surface area contributed by atoms with E-state index in [4.69, 9.17) is 9.88 Å². The molecular weight excluding hydrogens is 434 g/mol. The molecule has 0 heterocycles. The fourth-order valence-electron chi connectivity index (χ4n) is 2.69. The molecule has 2 aromatic rings. The maximum absolute atomic E-state index is 12.2. The maximum Gasteiger partial charge on any atom is 0.387 e. The number of amides is 1. The van der Waals surface area contributed by atoms with E-state index in [0.29, 0.717) is 17.5 Å². The molecule has 0 aliphatic heterocycles. The van der Waals surface area contributed by atoms with Crippen LogP contribution in [-0.2, 0) is 26.0 Å². The van der Waals surface area contributed by atoms with Crippen molar-refractivity contribution >= 4 is 21.9 Å². The summed E-state index contributed by atoms with van der Waals surface area (Å²) in [7, 11) is -4.02. The molecule has 0 aliphatic rings. The van der Waals surface area contributed by atoms with Crippen LogP contribution in [0.5, 0.6) is 5.75 Å². The average molecular weight is 456 g/mol. The Morgan fingerprint density at radius 3 is 2.35 bits per heavy atom. The third kappa shape index (κ3) is 7.30. The van der Waals surface area contributed by atoms with E-state index >= 15 is 0 Å². The van der Waals surface area contributed by atoms with Gasteiger partial charge in [0, 0.05) is 6.54 Å². The number of hydrogen-bond donors (Lipinski definition) is 2. The lowest BCUT2D eigenvalue weighted by Gasteiger charge is -2.11. The van der Waals surface area contributed by atoms with Crippen molar-refractivity contribution in [3.63, 3.8) is 0 Å². The van der Waals surface area contributed by atoms with E-state index in [2.05, 4.69) is 10.1 Å². The van der Waals surface area contributed by atoms with Gasteiger partial charge in [-0.2, -0.15) is 8.78 Å². The van der Waals surface area contributed by atoms with E-state index in [1.165, 1.54) is 18.2 Å². The molecule has 168 valence electrons. The number of primary sulfonamides is 1. The molecule has 0 atom stereocenters. The average Bonchev–Trinajstić information content (AvgIpc) is 2.68. The van der Waals surface area contributed by atoms with E-state index in [1.54, 1.807) is 26.0 Å². The first-order valence-electron chi connectivity index (χ1n) is 9.09. The Labute approximate surface area is 178 Å².